The summed E-state index contributed by atoms with van der Waals surface area (Å²) < 4.78 is 11.1. The number of fused-ring (bicyclic) bond motifs is 3. The van der Waals surface area contributed by atoms with E-state index in [4.69, 9.17) is 14.8 Å². The van der Waals surface area contributed by atoms with Gasteiger partial charge in [0.05, 0.1) is 5.69 Å². The first-order chi connectivity index (χ1) is 25.1. The first-order valence-electron chi connectivity index (χ1n) is 19.0. The van der Waals surface area contributed by atoms with Gasteiger partial charge in [-0.15, -0.1) is 41.3 Å². The van der Waals surface area contributed by atoms with Crippen molar-refractivity contribution in [3.05, 3.63) is 130 Å². The fourth-order valence-corrected chi connectivity index (χ4v) is 7.68. The van der Waals surface area contributed by atoms with Crippen LogP contribution in [0.15, 0.2) is 79.0 Å². The third-order valence-electron chi connectivity index (χ3n) is 10.4. The van der Waals surface area contributed by atoms with Gasteiger partial charge in [-0.1, -0.05) is 96.3 Å². The molecule has 7 rings (SSSR count). The average Bonchev–Trinajstić information content (AvgIpc) is 3.60. The molecule has 0 saturated heterocycles. The Morgan fingerprint density at radius 2 is 1.43 bits per heavy atom. The van der Waals surface area contributed by atoms with Crippen LogP contribution < -0.4 is 4.74 Å². The van der Waals surface area contributed by atoms with Gasteiger partial charge in [0.2, 0.25) is 0 Å². The molecule has 0 bridgehead atoms. The van der Waals surface area contributed by atoms with Crippen molar-refractivity contribution < 1.29 is 25.8 Å². The Morgan fingerprint density at radius 1 is 0.722 bits per heavy atom. The largest absolute Gasteiger partial charge is 2.00 e. The van der Waals surface area contributed by atoms with Crippen LogP contribution in [0.5, 0.6) is 11.5 Å². The van der Waals surface area contributed by atoms with Gasteiger partial charge in [0.15, 0.2) is 0 Å². The molecule has 5 nitrogen and oxygen atoms in total. The summed E-state index contributed by atoms with van der Waals surface area (Å²) in [6.07, 6.45) is 4.99. The number of aryl methyl sites for hydroxylation is 4. The monoisotopic (exact) mass is 895 g/mol. The third kappa shape index (κ3) is 7.45. The normalized spacial score (nSPS) is 12.1. The molecule has 280 valence electrons. The van der Waals surface area contributed by atoms with E-state index in [1.54, 1.807) is 0 Å². The number of aromatic nitrogens is 4. The standard InChI is InChI=1S/C48H52N4O.Pt/c1-12-13-17-42-46(45-31(3)23-30(2)24-32(45)4)33(5)50-52(42)36-25-35(48(9,10)11)26-38(28-36)53-37-19-20-40-39-16-14-15-18-41(39)51(43(40)29-37)44-27-34(21-22-49-44)47(6,7)8;/h14-16,18-27H,12-13,17H2,1-11H3;/q-2;+2. The van der Waals surface area contributed by atoms with Crippen LogP contribution in [0.3, 0.4) is 0 Å². The van der Waals surface area contributed by atoms with Gasteiger partial charge in [0, 0.05) is 34.5 Å². The van der Waals surface area contributed by atoms with E-state index >= 15 is 0 Å². The van der Waals surface area contributed by atoms with Gasteiger partial charge in [-0.3, -0.25) is 4.68 Å². The quantitative estimate of drug-likeness (QED) is 0.143. The summed E-state index contributed by atoms with van der Waals surface area (Å²) in [5.74, 6) is 2.12. The number of ether oxygens (including phenoxy) is 1. The van der Waals surface area contributed by atoms with Crippen molar-refractivity contribution in [3.8, 4) is 34.1 Å². The zero-order chi connectivity index (χ0) is 37.8. The van der Waals surface area contributed by atoms with Crippen LogP contribution in [0.25, 0.3) is 44.4 Å². The van der Waals surface area contributed by atoms with Gasteiger partial charge in [0.1, 0.15) is 5.82 Å². The number of benzene rings is 4. The third-order valence-corrected chi connectivity index (χ3v) is 10.4. The molecule has 0 aliphatic rings. The van der Waals surface area contributed by atoms with Crippen LogP contribution in [0.4, 0.5) is 0 Å². The molecule has 3 aromatic heterocycles. The fraction of sp³-hybridized carbons (Fsp3) is 0.333. The molecule has 0 saturated carbocycles. The fourth-order valence-electron chi connectivity index (χ4n) is 7.68. The number of hydrogen-bond acceptors (Lipinski definition) is 3. The molecule has 0 fully saturated rings. The van der Waals surface area contributed by atoms with Crippen LogP contribution >= 0.6 is 0 Å². The summed E-state index contributed by atoms with van der Waals surface area (Å²) >= 11 is 0. The Morgan fingerprint density at radius 3 is 2.11 bits per heavy atom. The summed E-state index contributed by atoms with van der Waals surface area (Å²) in [6.45, 7) is 24.4. The Bertz CT molecular complexity index is 2470. The molecule has 0 spiro atoms. The van der Waals surface area contributed by atoms with Crippen molar-refractivity contribution in [1.29, 1.82) is 0 Å². The maximum Gasteiger partial charge on any atom is 2.00 e. The van der Waals surface area contributed by atoms with Crippen molar-refractivity contribution in [2.75, 3.05) is 0 Å². The van der Waals surface area contributed by atoms with E-state index in [0.717, 1.165) is 63.8 Å². The van der Waals surface area contributed by atoms with Gasteiger partial charge in [-0.25, -0.2) is 4.98 Å². The molecule has 54 heavy (non-hydrogen) atoms. The first-order valence-corrected chi connectivity index (χ1v) is 19.0. The summed E-state index contributed by atoms with van der Waals surface area (Å²) in [6, 6.07) is 33.1. The Hall–Kier alpha value is -4.47. The molecule has 4 aromatic carbocycles. The van der Waals surface area contributed by atoms with Gasteiger partial charge < -0.3 is 9.30 Å². The zero-order valence-electron chi connectivity index (χ0n) is 33.6. The van der Waals surface area contributed by atoms with Gasteiger partial charge in [0.25, 0.3) is 0 Å². The van der Waals surface area contributed by atoms with Crippen LogP contribution in [-0.2, 0) is 38.3 Å². The van der Waals surface area contributed by atoms with E-state index in [2.05, 4.69) is 164 Å². The van der Waals surface area contributed by atoms with Crippen molar-refractivity contribution >= 4 is 21.8 Å². The molecule has 0 unspecified atom stereocenters. The second-order valence-electron chi connectivity index (χ2n) is 16.8. The van der Waals surface area contributed by atoms with Crippen molar-refractivity contribution in [3.63, 3.8) is 0 Å². The second kappa shape index (κ2) is 15.0. The molecule has 0 aliphatic carbocycles. The minimum atomic E-state index is -0.134. The SMILES string of the molecule is CCCCc1c(-c2c(C)cc(C)cc2C)c(C)nn1-c1[c-]c(Oc2[c-]c3c(cc2)c2ccccc2n3-c2cc(C(C)(C)C)ccn2)cc(C(C)(C)C)c1.[Pt+2]. The maximum atomic E-state index is 6.76. The van der Waals surface area contributed by atoms with Gasteiger partial charge in [-0.2, -0.15) is 11.2 Å². The van der Waals surface area contributed by atoms with Crippen LogP contribution in [0.2, 0.25) is 0 Å². The molecule has 0 amide bonds. The molecule has 3 heterocycles. The molecule has 0 atom stereocenters. The predicted octanol–water partition coefficient (Wildman–Crippen LogP) is 12.6. The van der Waals surface area contributed by atoms with Gasteiger partial charge in [-0.05, 0) is 103 Å². The summed E-state index contributed by atoms with van der Waals surface area (Å²) in [5, 5.41) is 7.49. The maximum absolute atomic E-state index is 6.76. The Labute approximate surface area is 336 Å². The molecule has 7 aromatic rings. The number of unbranched alkanes of at least 4 members (excludes halogenated alkanes) is 1. The van der Waals surface area contributed by atoms with Gasteiger partial charge >= 0.3 is 21.1 Å². The molecule has 0 radical (unpaired) electrons. The molecule has 6 heteroatoms. The number of hydrogen-bond donors (Lipinski definition) is 0. The van der Waals surface area contributed by atoms with Crippen LogP contribution in [0, 0.1) is 39.8 Å². The topological polar surface area (TPSA) is 44.9 Å². The van der Waals surface area contributed by atoms with E-state index in [9.17, 15) is 0 Å². The van der Waals surface area contributed by atoms with Crippen molar-refractivity contribution in [2.24, 2.45) is 0 Å². The zero-order valence-corrected chi connectivity index (χ0v) is 35.9. The van der Waals surface area contributed by atoms with Crippen molar-refractivity contribution in [2.45, 2.75) is 106 Å². The summed E-state index contributed by atoms with van der Waals surface area (Å²) in [4.78, 5) is 4.85. The molecule has 0 aliphatic heterocycles. The minimum absolute atomic E-state index is 0. The smallest absolute Gasteiger partial charge is 0.509 e. The first kappa shape index (κ1) is 39.2. The van der Waals surface area contributed by atoms with Crippen LogP contribution in [0.1, 0.15) is 101 Å². The molecule has 0 N–H and O–H groups in total. The molecular weight excluding hydrogens is 844 g/mol. The number of para-hydroxylation sites is 1. The van der Waals surface area contributed by atoms with Crippen molar-refractivity contribution in [1.82, 2.24) is 19.3 Å². The van der Waals surface area contributed by atoms with E-state index in [1.807, 2.05) is 12.3 Å². The molecular formula is C48H52N4OPt. The summed E-state index contributed by atoms with van der Waals surface area (Å²) in [7, 11) is 0. The second-order valence-corrected chi connectivity index (χ2v) is 16.8. The number of nitrogens with zero attached hydrogens (tertiary/aromatic N) is 4. The van der Waals surface area contributed by atoms with E-state index in [-0.39, 0.29) is 31.9 Å². The summed E-state index contributed by atoms with van der Waals surface area (Å²) in [5.41, 5.74) is 13.7. The Balaban J connectivity index is 0.00000497. The minimum Gasteiger partial charge on any atom is -0.509 e. The average molecular weight is 896 g/mol. The van der Waals surface area contributed by atoms with E-state index in [1.165, 1.54) is 39.1 Å². The Kier molecular flexibility index (Phi) is 10.9. The van der Waals surface area contributed by atoms with E-state index < -0.39 is 0 Å². The predicted molar refractivity (Wildman–Crippen MR) is 220 cm³/mol. The number of pyridine rings is 1. The number of rotatable bonds is 8. The van der Waals surface area contributed by atoms with E-state index in [0.29, 0.717) is 11.5 Å². The van der Waals surface area contributed by atoms with Crippen LogP contribution in [-0.4, -0.2) is 19.3 Å².